The largest absolute Gasteiger partial charge is 0.298 e. The van der Waals surface area contributed by atoms with E-state index >= 15 is 0 Å². The van der Waals surface area contributed by atoms with Gasteiger partial charge in [0.2, 0.25) is 0 Å². The topological polar surface area (TPSA) is 6.48 Å². The van der Waals surface area contributed by atoms with E-state index in [-0.39, 0.29) is 0 Å². The van der Waals surface area contributed by atoms with Crippen molar-refractivity contribution in [3.8, 4) is 0 Å². The third kappa shape index (κ3) is 3.72. The molecule has 1 aliphatic heterocycles. The Morgan fingerprint density at radius 3 is 2.00 bits per heavy atom. The molecule has 0 aromatic carbocycles. The molecule has 0 bridgehead atoms. The Kier molecular flexibility index (Phi) is 5.30. The lowest BCUT2D eigenvalue weighted by atomic mass is 9.79. The molecule has 1 aliphatic carbocycles. The molecule has 19 heavy (non-hydrogen) atoms. The summed E-state index contributed by atoms with van der Waals surface area (Å²) in [5.41, 5.74) is 0. The molecule has 2 rings (SSSR count). The van der Waals surface area contributed by atoms with Gasteiger partial charge in [-0.05, 0) is 58.3 Å². The highest BCUT2D eigenvalue weighted by atomic mass is 15.3. The fraction of sp³-hybridized carbons (Fsp3) is 1.00. The molecule has 2 aliphatic rings. The summed E-state index contributed by atoms with van der Waals surface area (Å²) in [6.07, 6.45) is 5.80. The van der Waals surface area contributed by atoms with Crippen molar-refractivity contribution in [1.29, 1.82) is 0 Å². The summed E-state index contributed by atoms with van der Waals surface area (Å²) >= 11 is 0. The summed E-state index contributed by atoms with van der Waals surface area (Å²) in [6, 6.07) is 2.32. The minimum absolute atomic E-state index is 0.703. The SMILES string of the molecule is CC(C)C1CCC(N2CCN(C(C)C)[C@@H](C)C2)CC1. The summed E-state index contributed by atoms with van der Waals surface area (Å²) in [7, 11) is 0. The Bertz CT molecular complexity index is 266. The number of hydrogen-bond acceptors (Lipinski definition) is 2. The molecule has 2 nitrogen and oxygen atoms in total. The highest BCUT2D eigenvalue weighted by Gasteiger charge is 2.32. The first-order chi connectivity index (χ1) is 8.99. The van der Waals surface area contributed by atoms with Crippen molar-refractivity contribution in [2.75, 3.05) is 19.6 Å². The zero-order valence-corrected chi connectivity index (χ0v) is 13.7. The van der Waals surface area contributed by atoms with Crippen LogP contribution in [0.5, 0.6) is 0 Å². The second-order valence-corrected chi connectivity index (χ2v) is 7.49. The molecule has 0 amide bonds. The zero-order valence-electron chi connectivity index (χ0n) is 13.7. The molecule has 112 valence electrons. The van der Waals surface area contributed by atoms with Gasteiger partial charge in [-0.15, -0.1) is 0 Å². The molecular formula is C17H34N2. The number of hydrogen-bond donors (Lipinski definition) is 0. The molecule has 0 aromatic heterocycles. The molecule has 2 fully saturated rings. The van der Waals surface area contributed by atoms with Crippen molar-refractivity contribution in [3.63, 3.8) is 0 Å². The first-order valence-electron chi connectivity index (χ1n) is 8.48. The van der Waals surface area contributed by atoms with Gasteiger partial charge in [0.25, 0.3) is 0 Å². The average Bonchev–Trinajstić information content (AvgIpc) is 2.38. The van der Waals surface area contributed by atoms with Crippen LogP contribution in [0.2, 0.25) is 0 Å². The molecule has 1 atom stereocenters. The Hall–Kier alpha value is -0.0800. The van der Waals surface area contributed by atoms with Crippen LogP contribution in [0.15, 0.2) is 0 Å². The van der Waals surface area contributed by atoms with Gasteiger partial charge in [-0.25, -0.2) is 0 Å². The van der Waals surface area contributed by atoms with Gasteiger partial charge in [0, 0.05) is 37.8 Å². The van der Waals surface area contributed by atoms with Crippen LogP contribution in [0.3, 0.4) is 0 Å². The normalized spacial score (nSPS) is 35.2. The smallest absolute Gasteiger partial charge is 0.0198 e. The first-order valence-corrected chi connectivity index (χ1v) is 8.48. The molecular weight excluding hydrogens is 232 g/mol. The van der Waals surface area contributed by atoms with E-state index in [1.54, 1.807) is 0 Å². The van der Waals surface area contributed by atoms with Crippen molar-refractivity contribution in [1.82, 2.24) is 9.80 Å². The van der Waals surface area contributed by atoms with Crippen LogP contribution >= 0.6 is 0 Å². The average molecular weight is 266 g/mol. The molecule has 2 heteroatoms. The summed E-state index contributed by atoms with van der Waals surface area (Å²) in [5.74, 6) is 1.88. The minimum atomic E-state index is 0.703. The monoisotopic (exact) mass is 266 g/mol. The van der Waals surface area contributed by atoms with E-state index in [2.05, 4.69) is 44.4 Å². The molecule has 0 N–H and O–H groups in total. The van der Waals surface area contributed by atoms with E-state index in [1.165, 1.54) is 45.3 Å². The van der Waals surface area contributed by atoms with Crippen molar-refractivity contribution in [3.05, 3.63) is 0 Å². The summed E-state index contributed by atoms with van der Waals surface area (Å²) < 4.78 is 0. The van der Waals surface area contributed by atoms with Crippen LogP contribution in [0.25, 0.3) is 0 Å². The standard InChI is InChI=1S/C17H34N2/c1-13(2)16-6-8-17(9-7-16)18-10-11-19(14(3)4)15(5)12-18/h13-17H,6-12H2,1-5H3/t15-,16?,17?/m0/s1. The predicted molar refractivity (Wildman–Crippen MR) is 83.5 cm³/mol. The van der Waals surface area contributed by atoms with E-state index < -0.39 is 0 Å². The van der Waals surface area contributed by atoms with E-state index in [9.17, 15) is 0 Å². The van der Waals surface area contributed by atoms with Gasteiger partial charge < -0.3 is 0 Å². The lowest BCUT2D eigenvalue weighted by Crippen LogP contribution is -2.57. The third-order valence-corrected chi connectivity index (χ3v) is 5.57. The van der Waals surface area contributed by atoms with Crippen LogP contribution in [0, 0.1) is 11.8 Å². The maximum atomic E-state index is 2.79. The lowest BCUT2D eigenvalue weighted by molar-refractivity contribution is 0.0202. The van der Waals surface area contributed by atoms with Gasteiger partial charge in [0.15, 0.2) is 0 Å². The van der Waals surface area contributed by atoms with Crippen LogP contribution in [0.1, 0.15) is 60.3 Å². The van der Waals surface area contributed by atoms with Gasteiger partial charge in [-0.3, -0.25) is 9.80 Å². The van der Waals surface area contributed by atoms with Gasteiger partial charge >= 0.3 is 0 Å². The van der Waals surface area contributed by atoms with Crippen LogP contribution in [0.4, 0.5) is 0 Å². The van der Waals surface area contributed by atoms with Crippen molar-refractivity contribution in [2.45, 2.75) is 78.4 Å². The van der Waals surface area contributed by atoms with Gasteiger partial charge in [0.1, 0.15) is 0 Å². The minimum Gasteiger partial charge on any atom is -0.298 e. The van der Waals surface area contributed by atoms with E-state index in [0.29, 0.717) is 6.04 Å². The van der Waals surface area contributed by atoms with E-state index in [4.69, 9.17) is 0 Å². The van der Waals surface area contributed by atoms with Gasteiger partial charge in [-0.1, -0.05) is 13.8 Å². The number of piperazine rings is 1. The number of nitrogens with zero attached hydrogens (tertiary/aromatic N) is 2. The Labute approximate surface area is 120 Å². The highest BCUT2D eigenvalue weighted by molar-refractivity contribution is 4.87. The Balaban J connectivity index is 1.82. The van der Waals surface area contributed by atoms with Crippen LogP contribution in [-0.2, 0) is 0 Å². The fourth-order valence-corrected chi connectivity index (χ4v) is 4.23. The summed E-state index contributed by atoms with van der Waals surface area (Å²) in [5, 5.41) is 0. The maximum absolute atomic E-state index is 2.79. The van der Waals surface area contributed by atoms with Crippen molar-refractivity contribution >= 4 is 0 Å². The molecule has 1 heterocycles. The van der Waals surface area contributed by atoms with Gasteiger partial charge in [0.05, 0.1) is 0 Å². The second kappa shape index (κ2) is 6.58. The zero-order chi connectivity index (χ0) is 14.0. The molecule has 0 radical (unpaired) electrons. The second-order valence-electron chi connectivity index (χ2n) is 7.49. The van der Waals surface area contributed by atoms with E-state index in [1.807, 2.05) is 0 Å². The fourth-order valence-electron chi connectivity index (χ4n) is 4.23. The van der Waals surface area contributed by atoms with E-state index in [0.717, 1.165) is 23.9 Å². The molecule has 0 spiro atoms. The molecule has 0 aromatic rings. The van der Waals surface area contributed by atoms with Crippen LogP contribution in [-0.4, -0.2) is 47.6 Å². The summed E-state index contributed by atoms with van der Waals surface area (Å²) in [4.78, 5) is 5.45. The van der Waals surface area contributed by atoms with Crippen molar-refractivity contribution < 1.29 is 0 Å². The van der Waals surface area contributed by atoms with Crippen LogP contribution < -0.4 is 0 Å². The number of rotatable bonds is 3. The van der Waals surface area contributed by atoms with Gasteiger partial charge in [-0.2, -0.15) is 0 Å². The third-order valence-electron chi connectivity index (χ3n) is 5.57. The Morgan fingerprint density at radius 1 is 0.895 bits per heavy atom. The van der Waals surface area contributed by atoms with Crippen molar-refractivity contribution in [2.24, 2.45) is 11.8 Å². The maximum Gasteiger partial charge on any atom is 0.0198 e. The first kappa shape index (κ1) is 15.3. The lowest BCUT2D eigenvalue weighted by Gasteiger charge is -2.46. The predicted octanol–water partition coefficient (Wildman–Crippen LogP) is 3.62. The quantitative estimate of drug-likeness (QED) is 0.770. The summed E-state index contributed by atoms with van der Waals surface area (Å²) in [6.45, 7) is 15.7. The molecule has 1 saturated heterocycles. The Morgan fingerprint density at radius 2 is 1.53 bits per heavy atom. The highest BCUT2D eigenvalue weighted by Crippen LogP contribution is 2.33. The molecule has 0 unspecified atom stereocenters. The molecule has 1 saturated carbocycles.